The molecule has 0 saturated heterocycles. The van der Waals surface area contributed by atoms with Gasteiger partial charge in [-0.15, -0.1) is 0 Å². The molecule has 3 aromatic carbocycles. The Balaban J connectivity index is 1.80. The molecule has 0 N–H and O–H groups in total. The first kappa shape index (κ1) is 18.0. The van der Waals surface area contributed by atoms with Crippen LogP contribution in [0.5, 0.6) is 0 Å². The Morgan fingerprint density at radius 1 is 0.839 bits per heavy atom. The number of hydrogen-bond acceptors (Lipinski definition) is 3. The van der Waals surface area contributed by atoms with Crippen LogP contribution >= 0.6 is 11.6 Å². The number of aryl methyl sites for hydroxylation is 1. The van der Waals surface area contributed by atoms with E-state index < -0.39 is 0 Å². The summed E-state index contributed by atoms with van der Waals surface area (Å²) in [6.07, 6.45) is 0. The predicted molar refractivity (Wildman–Crippen MR) is 123 cm³/mol. The molecule has 0 radical (unpaired) electrons. The SMILES string of the molecule is Cc1nn(-c2ccccc2)c2nc3c(c(-c4cccc(Cl)c4)c12)C(=O)c1ccccc1-3. The fourth-order valence-corrected chi connectivity index (χ4v) is 4.63. The molecule has 31 heavy (non-hydrogen) atoms. The van der Waals surface area contributed by atoms with E-state index >= 15 is 0 Å². The summed E-state index contributed by atoms with van der Waals surface area (Å²) in [5.41, 5.74) is 7.02. The normalized spacial score (nSPS) is 12.3. The summed E-state index contributed by atoms with van der Waals surface area (Å²) in [4.78, 5) is 18.5. The molecule has 0 spiro atoms. The maximum Gasteiger partial charge on any atom is 0.196 e. The maximum atomic E-state index is 13.5. The summed E-state index contributed by atoms with van der Waals surface area (Å²) < 4.78 is 1.85. The predicted octanol–water partition coefficient (Wildman–Crippen LogP) is 6.26. The highest BCUT2D eigenvalue weighted by molar-refractivity contribution is 6.31. The molecule has 0 aliphatic heterocycles. The average molecular weight is 422 g/mol. The van der Waals surface area contributed by atoms with Crippen LogP contribution in [0.4, 0.5) is 0 Å². The summed E-state index contributed by atoms with van der Waals surface area (Å²) in [6, 6.07) is 25.2. The molecule has 0 fully saturated rings. The third-order valence-electron chi connectivity index (χ3n) is 5.76. The zero-order chi connectivity index (χ0) is 21.1. The fraction of sp³-hybridized carbons (Fsp3) is 0.0385. The minimum Gasteiger partial charge on any atom is -0.288 e. The van der Waals surface area contributed by atoms with Crippen molar-refractivity contribution >= 4 is 28.4 Å². The highest BCUT2D eigenvalue weighted by atomic mass is 35.5. The van der Waals surface area contributed by atoms with E-state index in [4.69, 9.17) is 21.7 Å². The number of benzene rings is 3. The second kappa shape index (κ2) is 6.62. The summed E-state index contributed by atoms with van der Waals surface area (Å²) >= 11 is 6.34. The summed E-state index contributed by atoms with van der Waals surface area (Å²) in [5, 5.41) is 6.28. The Kier molecular flexibility index (Phi) is 3.86. The van der Waals surface area contributed by atoms with Crippen LogP contribution < -0.4 is 0 Å². The van der Waals surface area contributed by atoms with Crippen LogP contribution in [-0.2, 0) is 0 Å². The third-order valence-corrected chi connectivity index (χ3v) is 5.99. The van der Waals surface area contributed by atoms with Crippen LogP contribution in [0.15, 0.2) is 78.9 Å². The van der Waals surface area contributed by atoms with Crippen molar-refractivity contribution in [3.63, 3.8) is 0 Å². The molecule has 4 nitrogen and oxygen atoms in total. The highest BCUT2D eigenvalue weighted by Crippen LogP contribution is 2.45. The van der Waals surface area contributed by atoms with Crippen LogP contribution in [0.25, 0.3) is 39.1 Å². The summed E-state index contributed by atoms with van der Waals surface area (Å²) in [6.45, 7) is 1.95. The number of aromatic nitrogens is 3. The summed E-state index contributed by atoms with van der Waals surface area (Å²) in [7, 11) is 0. The molecule has 0 saturated carbocycles. The van der Waals surface area contributed by atoms with Gasteiger partial charge in [0, 0.05) is 21.7 Å². The van der Waals surface area contributed by atoms with Gasteiger partial charge in [0.15, 0.2) is 11.4 Å². The molecule has 148 valence electrons. The van der Waals surface area contributed by atoms with E-state index in [1.54, 1.807) is 0 Å². The van der Waals surface area contributed by atoms with Crippen molar-refractivity contribution in [1.29, 1.82) is 0 Å². The number of carbonyl (C=O) groups excluding carboxylic acids is 1. The van der Waals surface area contributed by atoms with E-state index in [9.17, 15) is 4.79 Å². The number of pyridine rings is 1. The molecule has 6 rings (SSSR count). The molecule has 0 atom stereocenters. The number of ketones is 1. The molecule has 0 bridgehead atoms. The number of nitrogens with zero attached hydrogens (tertiary/aromatic N) is 3. The standard InChI is InChI=1S/C26H16ClN3O/c1-15-21-22(16-8-7-9-17(27)14-16)23-24(19-12-5-6-13-20(19)25(23)31)28-26(21)30(29-15)18-10-3-2-4-11-18/h2-14H,1H3. The Morgan fingerprint density at radius 3 is 2.35 bits per heavy atom. The van der Waals surface area contributed by atoms with E-state index in [1.807, 2.05) is 90.5 Å². The molecule has 5 aromatic rings. The number of halogens is 1. The van der Waals surface area contributed by atoms with Crippen LogP contribution in [0.1, 0.15) is 21.6 Å². The molecule has 2 aromatic heterocycles. The van der Waals surface area contributed by atoms with Crippen LogP contribution in [0.3, 0.4) is 0 Å². The van der Waals surface area contributed by atoms with E-state index in [0.29, 0.717) is 21.8 Å². The van der Waals surface area contributed by atoms with Gasteiger partial charge in [-0.1, -0.05) is 66.2 Å². The monoisotopic (exact) mass is 421 g/mol. The minimum absolute atomic E-state index is 0.0122. The Hall–Kier alpha value is -3.76. The molecule has 1 aliphatic carbocycles. The molecule has 0 amide bonds. The van der Waals surface area contributed by atoms with E-state index in [1.165, 1.54) is 0 Å². The van der Waals surface area contributed by atoms with Crippen LogP contribution in [0.2, 0.25) is 5.02 Å². The van der Waals surface area contributed by atoms with Gasteiger partial charge in [-0.3, -0.25) is 4.79 Å². The lowest BCUT2D eigenvalue weighted by Crippen LogP contribution is -2.02. The lowest BCUT2D eigenvalue weighted by atomic mass is 9.94. The van der Waals surface area contributed by atoms with Gasteiger partial charge in [-0.05, 0) is 36.8 Å². The van der Waals surface area contributed by atoms with E-state index in [0.717, 1.165) is 39.1 Å². The quantitative estimate of drug-likeness (QED) is 0.331. The molecular weight excluding hydrogens is 406 g/mol. The van der Waals surface area contributed by atoms with Crippen LogP contribution in [-0.4, -0.2) is 20.5 Å². The van der Waals surface area contributed by atoms with Crippen molar-refractivity contribution in [3.05, 3.63) is 101 Å². The van der Waals surface area contributed by atoms with Crippen molar-refractivity contribution in [3.8, 4) is 28.1 Å². The molecule has 1 aliphatic rings. The van der Waals surface area contributed by atoms with Gasteiger partial charge in [0.1, 0.15) is 0 Å². The first-order valence-corrected chi connectivity index (χ1v) is 10.4. The average Bonchev–Trinajstić information content (AvgIpc) is 3.28. The number of fused-ring (bicyclic) bond motifs is 4. The van der Waals surface area contributed by atoms with Crippen molar-refractivity contribution in [2.45, 2.75) is 6.92 Å². The Morgan fingerprint density at radius 2 is 1.58 bits per heavy atom. The highest BCUT2D eigenvalue weighted by Gasteiger charge is 2.34. The van der Waals surface area contributed by atoms with Gasteiger partial charge >= 0.3 is 0 Å². The van der Waals surface area contributed by atoms with Gasteiger partial charge in [0.2, 0.25) is 0 Å². The minimum atomic E-state index is -0.0122. The number of carbonyl (C=O) groups is 1. The maximum absolute atomic E-state index is 13.5. The first-order chi connectivity index (χ1) is 15.1. The number of hydrogen-bond donors (Lipinski definition) is 0. The van der Waals surface area contributed by atoms with E-state index in [2.05, 4.69) is 0 Å². The Bertz CT molecular complexity index is 1520. The number of rotatable bonds is 2. The Labute approximate surface area is 183 Å². The largest absolute Gasteiger partial charge is 0.288 e. The lowest BCUT2D eigenvalue weighted by Gasteiger charge is -2.11. The zero-order valence-electron chi connectivity index (χ0n) is 16.6. The molecular formula is C26H16ClN3O. The van der Waals surface area contributed by atoms with Crippen LogP contribution in [0, 0.1) is 6.92 Å². The second-order valence-corrected chi connectivity index (χ2v) is 8.06. The summed E-state index contributed by atoms with van der Waals surface area (Å²) in [5.74, 6) is -0.0122. The fourth-order valence-electron chi connectivity index (χ4n) is 4.44. The zero-order valence-corrected chi connectivity index (χ0v) is 17.4. The molecule has 5 heteroatoms. The van der Waals surface area contributed by atoms with Crippen molar-refractivity contribution < 1.29 is 4.79 Å². The van der Waals surface area contributed by atoms with E-state index in [-0.39, 0.29) is 5.78 Å². The third kappa shape index (κ3) is 2.58. The molecule has 2 heterocycles. The van der Waals surface area contributed by atoms with Gasteiger partial charge in [-0.2, -0.15) is 5.10 Å². The molecule has 0 unspecified atom stereocenters. The topological polar surface area (TPSA) is 47.8 Å². The van der Waals surface area contributed by atoms with Gasteiger partial charge in [0.05, 0.1) is 28.0 Å². The van der Waals surface area contributed by atoms with Crippen molar-refractivity contribution in [1.82, 2.24) is 14.8 Å². The first-order valence-electron chi connectivity index (χ1n) is 10.0. The number of para-hydroxylation sites is 1. The van der Waals surface area contributed by atoms with Gasteiger partial charge < -0.3 is 0 Å². The van der Waals surface area contributed by atoms with Crippen molar-refractivity contribution in [2.24, 2.45) is 0 Å². The van der Waals surface area contributed by atoms with Gasteiger partial charge in [-0.25, -0.2) is 9.67 Å². The second-order valence-electron chi connectivity index (χ2n) is 7.63. The smallest absolute Gasteiger partial charge is 0.196 e. The lowest BCUT2D eigenvalue weighted by molar-refractivity contribution is 0.104. The van der Waals surface area contributed by atoms with Gasteiger partial charge in [0.25, 0.3) is 0 Å². The van der Waals surface area contributed by atoms with Crippen molar-refractivity contribution in [2.75, 3.05) is 0 Å².